The monoisotopic (exact) mass is 811 g/mol. The number of benzene rings is 2. The van der Waals surface area contributed by atoms with Gasteiger partial charge in [0.25, 0.3) is 0 Å². The van der Waals surface area contributed by atoms with Gasteiger partial charge in [0.15, 0.2) is 0 Å². The van der Waals surface area contributed by atoms with Gasteiger partial charge in [-0.05, 0) is 87.1 Å². The van der Waals surface area contributed by atoms with E-state index < -0.39 is 9.84 Å². The highest BCUT2D eigenvalue weighted by molar-refractivity contribution is 7.91. The zero-order valence-electron chi connectivity index (χ0n) is 35.1. The van der Waals surface area contributed by atoms with Gasteiger partial charge in [-0.25, -0.2) is 8.42 Å². The van der Waals surface area contributed by atoms with Crippen molar-refractivity contribution < 1.29 is 37.0 Å². The van der Waals surface area contributed by atoms with E-state index in [4.69, 9.17) is 18.9 Å². The van der Waals surface area contributed by atoms with Crippen molar-refractivity contribution in [2.75, 3.05) is 26.4 Å². The van der Waals surface area contributed by atoms with Crippen molar-refractivity contribution in [1.82, 2.24) is 0 Å². The van der Waals surface area contributed by atoms with Gasteiger partial charge < -0.3 is 18.9 Å². The molecule has 0 saturated carbocycles. The summed E-state index contributed by atoms with van der Waals surface area (Å²) in [5.74, 6) is 0.546. The molecule has 0 aliphatic carbocycles. The van der Waals surface area contributed by atoms with Crippen molar-refractivity contribution in [3.05, 3.63) is 73.8 Å². The first-order valence-corrected chi connectivity index (χ1v) is 23.6. The number of rotatable bonds is 38. The fourth-order valence-electron chi connectivity index (χ4n) is 6.64. The minimum atomic E-state index is -3.75. The SMILES string of the molecule is C=CCCCCCCCCCCCCCC(=O)OCCOc1ccc(S(=O)(=O)c2ccc(OCCOC(=O)CCCCCCCCCCCCCC=C)cc2)cc1. The van der Waals surface area contributed by atoms with Crippen LogP contribution < -0.4 is 9.47 Å². The number of sulfone groups is 1. The molecule has 0 aromatic heterocycles. The Balaban J connectivity index is 1.50. The predicted octanol–water partition coefficient (Wildman–Crippen LogP) is 12.9. The highest BCUT2D eigenvalue weighted by Gasteiger charge is 2.18. The molecule has 57 heavy (non-hydrogen) atoms. The van der Waals surface area contributed by atoms with Gasteiger partial charge in [-0.15, -0.1) is 13.2 Å². The number of ether oxygens (including phenoxy) is 4. The van der Waals surface area contributed by atoms with Gasteiger partial charge in [-0.2, -0.15) is 0 Å². The second-order valence-corrected chi connectivity index (χ2v) is 17.0. The molecule has 2 aromatic carbocycles. The van der Waals surface area contributed by atoms with Crippen molar-refractivity contribution in [3.8, 4) is 11.5 Å². The molecule has 0 spiro atoms. The Kier molecular flexibility index (Phi) is 29.0. The largest absolute Gasteiger partial charge is 0.490 e. The molecule has 9 heteroatoms. The fraction of sp³-hybridized carbons (Fsp3) is 0.625. The van der Waals surface area contributed by atoms with Crippen molar-refractivity contribution in [1.29, 1.82) is 0 Å². The summed E-state index contributed by atoms with van der Waals surface area (Å²) in [6.45, 7) is 8.19. The lowest BCUT2D eigenvalue weighted by Crippen LogP contribution is -2.12. The summed E-state index contributed by atoms with van der Waals surface area (Å²) >= 11 is 0. The molecule has 0 radical (unpaired) electrons. The topological polar surface area (TPSA) is 105 Å². The second kappa shape index (κ2) is 33.4. The Morgan fingerprint density at radius 1 is 0.421 bits per heavy atom. The maximum atomic E-state index is 13.2. The lowest BCUT2D eigenvalue weighted by molar-refractivity contribution is -0.145. The van der Waals surface area contributed by atoms with E-state index in [1.807, 2.05) is 12.2 Å². The number of unbranched alkanes of at least 4 members (excludes halogenated alkanes) is 22. The third kappa shape index (κ3) is 25.4. The van der Waals surface area contributed by atoms with Crippen LogP contribution in [0.4, 0.5) is 0 Å². The van der Waals surface area contributed by atoms with E-state index in [-0.39, 0.29) is 48.2 Å². The first kappa shape index (κ1) is 49.6. The van der Waals surface area contributed by atoms with Gasteiger partial charge in [0, 0.05) is 12.8 Å². The average molecular weight is 811 g/mol. The molecule has 0 amide bonds. The molecule has 0 saturated heterocycles. The Morgan fingerprint density at radius 2 is 0.702 bits per heavy atom. The van der Waals surface area contributed by atoms with E-state index in [0.717, 1.165) is 51.4 Å². The van der Waals surface area contributed by atoms with Crippen LogP contribution >= 0.6 is 0 Å². The number of carbonyl (C=O) groups excluding carboxylic acids is 2. The van der Waals surface area contributed by atoms with Gasteiger partial charge in [-0.3, -0.25) is 9.59 Å². The zero-order valence-corrected chi connectivity index (χ0v) is 35.9. The molecule has 0 atom stereocenters. The van der Waals surface area contributed by atoms with Gasteiger partial charge in [0.1, 0.15) is 37.9 Å². The molecule has 0 fully saturated rings. The first-order chi connectivity index (χ1) is 27.9. The van der Waals surface area contributed by atoms with Crippen LogP contribution in [0.1, 0.15) is 167 Å². The summed E-state index contributed by atoms with van der Waals surface area (Å²) in [6.07, 6.45) is 33.8. The van der Waals surface area contributed by atoms with E-state index >= 15 is 0 Å². The number of esters is 2. The number of carbonyl (C=O) groups is 2. The third-order valence-corrected chi connectivity index (χ3v) is 11.9. The van der Waals surface area contributed by atoms with Crippen molar-refractivity contribution in [2.45, 2.75) is 177 Å². The fourth-order valence-corrected chi connectivity index (χ4v) is 7.90. The van der Waals surface area contributed by atoms with Crippen LogP contribution in [0.15, 0.2) is 83.6 Å². The molecule has 0 heterocycles. The minimum absolute atomic E-state index is 0.137. The van der Waals surface area contributed by atoms with Crippen LogP contribution in [-0.4, -0.2) is 46.8 Å². The molecule has 0 aliphatic rings. The highest BCUT2D eigenvalue weighted by atomic mass is 32.2. The van der Waals surface area contributed by atoms with E-state index in [1.165, 1.54) is 127 Å². The van der Waals surface area contributed by atoms with Crippen LogP contribution in [0.5, 0.6) is 11.5 Å². The lowest BCUT2D eigenvalue weighted by Gasteiger charge is -2.10. The zero-order chi connectivity index (χ0) is 41.1. The number of hydrogen-bond acceptors (Lipinski definition) is 8. The molecule has 8 nitrogen and oxygen atoms in total. The summed E-state index contributed by atoms with van der Waals surface area (Å²) < 4.78 is 48.3. The molecule has 0 unspecified atom stereocenters. The summed E-state index contributed by atoms with van der Waals surface area (Å²) in [5, 5.41) is 0. The smallest absolute Gasteiger partial charge is 0.305 e. The second-order valence-electron chi connectivity index (χ2n) is 15.0. The predicted molar refractivity (Wildman–Crippen MR) is 232 cm³/mol. The molecule has 2 aromatic rings. The average Bonchev–Trinajstić information content (AvgIpc) is 3.22. The van der Waals surface area contributed by atoms with Crippen molar-refractivity contribution in [2.24, 2.45) is 0 Å². The molecular weight excluding hydrogens is 737 g/mol. The number of allylic oxidation sites excluding steroid dienone is 2. The Bertz CT molecular complexity index is 1330. The highest BCUT2D eigenvalue weighted by Crippen LogP contribution is 2.25. The van der Waals surface area contributed by atoms with Gasteiger partial charge >= 0.3 is 11.9 Å². The van der Waals surface area contributed by atoms with E-state index in [9.17, 15) is 18.0 Å². The van der Waals surface area contributed by atoms with Crippen molar-refractivity contribution >= 4 is 21.8 Å². The van der Waals surface area contributed by atoms with Crippen LogP contribution in [-0.2, 0) is 28.9 Å². The first-order valence-electron chi connectivity index (χ1n) is 22.1. The molecule has 0 bridgehead atoms. The molecule has 0 N–H and O–H groups in total. The third-order valence-electron chi connectivity index (χ3n) is 10.1. The van der Waals surface area contributed by atoms with E-state index in [2.05, 4.69) is 13.2 Å². The summed E-state index contributed by atoms with van der Waals surface area (Å²) in [4.78, 5) is 24.4. The van der Waals surface area contributed by atoms with Crippen LogP contribution in [0.2, 0.25) is 0 Å². The Labute approximate surface area is 346 Å². The maximum Gasteiger partial charge on any atom is 0.305 e. The summed E-state index contributed by atoms with van der Waals surface area (Å²) in [7, 11) is -3.75. The maximum absolute atomic E-state index is 13.2. The molecule has 320 valence electrons. The van der Waals surface area contributed by atoms with Gasteiger partial charge in [-0.1, -0.05) is 128 Å². The molecule has 0 aliphatic heterocycles. The minimum Gasteiger partial charge on any atom is -0.490 e. The number of hydrogen-bond donors (Lipinski definition) is 0. The van der Waals surface area contributed by atoms with Crippen LogP contribution in [0.3, 0.4) is 0 Å². The van der Waals surface area contributed by atoms with Gasteiger partial charge in [0.05, 0.1) is 9.79 Å². The van der Waals surface area contributed by atoms with E-state index in [0.29, 0.717) is 24.3 Å². The van der Waals surface area contributed by atoms with Crippen LogP contribution in [0, 0.1) is 0 Å². The van der Waals surface area contributed by atoms with Gasteiger partial charge in [0.2, 0.25) is 9.84 Å². The molecule has 2 rings (SSSR count). The quantitative estimate of drug-likeness (QED) is 0.0375. The normalized spacial score (nSPS) is 11.2. The molecular formula is C48H74O8S. The van der Waals surface area contributed by atoms with Crippen LogP contribution in [0.25, 0.3) is 0 Å². The summed E-state index contributed by atoms with van der Waals surface area (Å²) in [5.41, 5.74) is 0. The Hall–Kier alpha value is -3.59. The lowest BCUT2D eigenvalue weighted by atomic mass is 10.0. The van der Waals surface area contributed by atoms with E-state index in [1.54, 1.807) is 24.3 Å². The Morgan fingerprint density at radius 3 is 1.00 bits per heavy atom. The van der Waals surface area contributed by atoms with Crippen molar-refractivity contribution in [3.63, 3.8) is 0 Å². The standard InChI is InChI=1S/C48H74O8S/c1-3-5-7-9-11-13-15-17-19-21-23-25-27-29-47(49)55-41-39-53-43-31-35-45(36-32-43)57(51,52)46-37-33-44(34-38-46)54-40-42-56-48(50)30-28-26-24-22-20-18-16-14-12-10-8-6-4-2/h3-4,31-38H,1-2,5-30,39-42H2. The summed E-state index contributed by atoms with van der Waals surface area (Å²) in [6, 6.07) is 12.4.